The molecule has 2 aromatic heterocycles. The van der Waals surface area contributed by atoms with Gasteiger partial charge in [-0.25, -0.2) is 4.98 Å². The molecule has 0 spiro atoms. The molecule has 3 fully saturated rings. The fourth-order valence-electron chi connectivity index (χ4n) is 5.17. The SMILES string of the molecule is Cc1ccsc1C(=O)N1CCC[C@]2(C(=O)NCC3CC3)CN(c3ccccn3)C[C@@H]2C1. The summed E-state index contributed by atoms with van der Waals surface area (Å²) in [5, 5.41) is 5.25. The monoisotopic (exact) mass is 438 g/mol. The number of carbonyl (C=O) groups is 2. The van der Waals surface area contributed by atoms with Gasteiger partial charge in [-0.1, -0.05) is 6.07 Å². The first kappa shape index (κ1) is 20.5. The van der Waals surface area contributed by atoms with Crippen molar-refractivity contribution in [1.82, 2.24) is 15.2 Å². The van der Waals surface area contributed by atoms with Crippen molar-refractivity contribution < 1.29 is 9.59 Å². The number of rotatable bonds is 5. The average Bonchev–Trinajstić information content (AvgIpc) is 3.46. The third kappa shape index (κ3) is 3.95. The van der Waals surface area contributed by atoms with Crippen LogP contribution in [0.1, 0.15) is 40.9 Å². The molecule has 0 radical (unpaired) electrons. The number of carbonyl (C=O) groups excluding carboxylic acids is 2. The quantitative estimate of drug-likeness (QED) is 0.778. The zero-order valence-electron chi connectivity index (χ0n) is 18.0. The Morgan fingerprint density at radius 3 is 2.84 bits per heavy atom. The Morgan fingerprint density at radius 2 is 2.13 bits per heavy atom. The predicted octanol–water partition coefficient (Wildman–Crippen LogP) is 3.34. The zero-order valence-corrected chi connectivity index (χ0v) is 18.9. The van der Waals surface area contributed by atoms with Gasteiger partial charge in [-0.05, 0) is 67.7 Å². The van der Waals surface area contributed by atoms with E-state index in [1.54, 1.807) is 6.20 Å². The number of hydrogen-bond acceptors (Lipinski definition) is 5. The van der Waals surface area contributed by atoms with Gasteiger partial charge in [0.25, 0.3) is 5.91 Å². The molecule has 2 amide bonds. The Kier molecular flexibility index (Phi) is 5.46. The molecule has 2 aromatic rings. The number of nitrogens with one attached hydrogen (secondary N) is 1. The third-order valence-corrected chi connectivity index (χ3v) is 8.21. The fraction of sp³-hybridized carbons (Fsp3) is 0.542. The number of thiophene rings is 1. The molecule has 2 aliphatic heterocycles. The van der Waals surface area contributed by atoms with Gasteiger partial charge < -0.3 is 15.1 Å². The molecule has 1 N–H and O–H groups in total. The van der Waals surface area contributed by atoms with Crippen molar-refractivity contribution in [2.75, 3.05) is 37.6 Å². The Morgan fingerprint density at radius 1 is 1.26 bits per heavy atom. The lowest BCUT2D eigenvalue weighted by molar-refractivity contribution is -0.132. The third-order valence-electron chi connectivity index (χ3n) is 7.20. The number of fused-ring (bicyclic) bond motifs is 1. The number of amides is 2. The molecule has 1 aliphatic carbocycles. The van der Waals surface area contributed by atoms with Crippen LogP contribution in [-0.4, -0.2) is 54.4 Å². The van der Waals surface area contributed by atoms with Gasteiger partial charge in [0.2, 0.25) is 5.91 Å². The van der Waals surface area contributed by atoms with Gasteiger partial charge in [0.1, 0.15) is 5.82 Å². The first-order valence-electron chi connectivity index (χ1n) is 11.3. The van der Waals surface area contributed by atoms with Crippen LogP contribution in [0.4, 0.5) is 5.82 Å². The van der Waals surface area contributed by atoms with Gasteiger partial charge >= 0.3 is 0 Å². The number of pyridine rings is 1. The highest BCUT2D eigenvalue weighted by molar-refractivity contribution is 7.12. The molecular weight excluding hydrogens is 408 g/mol. The van der Waals surface area contributed by atoms with Crippen LogP contribution in [0.3, 0.4) is 0 Å². The van der Waals surface area contributed by atoms with Crippen LogP contribution in [0.2, 0.25) is 0 Å². The van der Waals surface area contributed by atoms with E-state index in [9.17, 15) is 9.59 Å². The number of nitrogens with zero attached hydrogens (tertiary/aromatic N) is 3. The first-order chi connectivity index (χ1) is 15.1. The van der Waals surface area contributed by atoms with E-state index in [1.165, 1.54) is 24.2 Å². The van der Waals surface area contributed by atoms with Crippen LogP contribution in [-0.2, 0) is 4.79 Å². The molecule has 7 heteroatoms. The Hall–Kier alpha value is -2.41. The van der Waals surface area contributed by atoms with E-state index >= 15 is 0 Å². The van der Waals surface area contributed by atoms with Crippen molar-refractivity contribution in [3.05, 3.63) is 46.3 Å². The lowest BCUT2D eigenvalue weighted by atomic mass is 9.74. The summed E-state index contributed by atoms with van der Waals surface area (Å²) >= 11 is 1.51. The van der Waals surface area contributed by atoms with Crippen molar-refractivity contribution in [3.8, 4) is 0 Å². The summed E-state index contributed by atoms with van der Waals surface area (Å²) in [5.41, 5.74) is 0.570. The average molecular weight is 439 g/mol. The summed E-state index contributed by atoms with van der Waals surface area (Å²) in [5.74, 6) is 1.94. The van der Waals surface area contributed by atoms with Gasteiger partial charge in [-0.2, -0.15) is 0 Å². The summed E-state index contributed by atoms with van der Waals surface area (Å²) in [6, 6.07) is 7.92. The fourth-order valence-corrected chi connectivity index (χ4v) is 6.07. The minimum atomic E-state index is -0.466. The van der Waals surface area contributed by atoms with Crippen molar-refractivity contribution in [1.29, 1.82) is 0 Å². The van der Waals surface area contributed by atoms with Crippen LogP contribution in [0.25, 0.3) is 0 Å². The van der Waals surface area contributed by atoms with Crippen LogP contribution in [0, 0.1) is 24.2 Å². The molecule has 6 nitrogen and oxygen atoms in total. The second-order valence-corrected chi connectivity index (χ2v) is 10.3. The van der Waals surface area contributed by atoms with Crippen molar-refractivity contribution in [2.24, 2.45) is 17.3 Å². The zero-order chi connectivity index (χ0) is 21.4. The van der Waals surface area contributed by atoms with Gasteiger partial charge in [-0.3, -0.25) is 9.59 Å². The molecule has 0 unspecified atom stereocenters. The topological polar surface area (TPSA) is 65.5 Å². The van der Waals surface area contributed by atoms with E-state index in [0.29, 0.717) is 25.6 Å². The number of aryl methyl sites for hydroxylation is 1. The van der Waals surface area contributed by atoms with Gasteiger partial charge in [0, 0.05) is 44.8 Å². The van der Waals surface area contributed by atoms with E-state index in [0.717, 1.165) is 42.2 Å². The largest absolute Gasteiger partial charge is 0.355 e. The molecule has 2 saturated heterocycles. The van der Waals surface area contributed by atoms with E-state index in [1.807, 2.05) is 41.5 Å². The van der Waals surface area contributed by atoms with Crippen molar-refractivity contribution in [3.63, 3.8) is 0 Å². The minimum absolute atomic E-state index is 0.0976. The molecule has 1 saturated carbocycles. The first-order valence-corrected chi connectivity index (χ1v) is 12.2. The highest BCUT2D eigenvalue weighted by atomic mass is 32.1. The summed E-state index contributed by atoms with van der Waals surface area (Å²) in [6.45, 7) is 5.54. The lowest BCUT2D eigenvalue weighted by Gasteiger charge is -2.32. The number of anilines is 1. The Balaban J connectivity index is 1.41. The second-order valence-electron chi connectivity index (χ2n) is 9.36. The summed E-state index contributed by atoms with van der Waals surface area (Å²) in [6.07, 6.45) is 5.90. The smallest absolute Gasteiger partial charge is 0.264 e. The van der Waals surface area contributed by atoms with Crippen molar-refractivity contribution >= 4 is 29.0 Å². The summed E-state index contributed by atoms with van der Waals surface area (Å²) in [7, 11) is 0. The Labute approximate surface area is 187 Å². The number of likely N-dealkylation sites (tertiary alicyclic amines) is 1. The Bertz CT molecular complexity index is 957. The molecule has 4 heterocycles. The summed E-state index contributed by atoms with van der Waals surface area (Å²) < 4.78 is 0. The molecular formula is C24H30N4O2S. The van der Waals surface area contributed by atoms with E-state index in [-0.39, 0.29) is 17.7 Å². The molecule has 2 atom stereocenters. The maximum absolute atomic E-state index is 13.6. The van der Waals surface area contributed by atoms with Gasteiger partial charge in [0.05, 0.1) is 10.3 Å². The minimum Gasteiger partial charge on any atom is -0.355 e. The van der Waals surface area contributed by atoms with E-state index < -0.39 is 5.41 Å². The summed E-state index contributed by atoms with van der Waals surface area (Å²) in [4.78, 5) is 36.4. The second kappa shape index (κ2) is 8.26. The maximum atomic E-state index is 13.6. The molecule has 31 heavy (non-hydrogen) atoms. The lowest BCUT2D eigenvalue weighted by Crippen LogP contribution is -2.48. The maximum Gasteiger partial charge on any atom is 0.264 e. The molecule has 3 aliphatic rings. The van der Waals surface area contributed by atoms with Gasteiger partial charge in [-0.15, -0.1) is 11.3 Å². The molecule has 0 aromatic carbocycles. The highest BCUT2D eigenvalue weighted by Crippen LogP contribution is 2.44. The molecule has 5 rings (SSSR count). The van der Waals surface area contributed by atoms with Crippen LogP contribution >= 0.6 is 11.3 Å². The normalized spacial score (nSPS) is 25.8. The van der Waals surface area contributed by atoms with E-state index in [2.05, 4.69) is 15.2 Å². The van der Waals surface area contributed by atoms with E-state index in [4.69, 9.17) is 0 Å². The van der Waals surface area contributed by atoms with Crippen molar-refractivity contribution in [2.45, 2.75) is 32.6 Å². The van der Waals surface area contributed by atoms with Crippen LogP contribution in [0.15, 0.2) is 35.8 Å². The highest BCUT2D eigenvalue weighted by Gasteiger charge is 2.54. The van der Waals surface area contributed by atoms with Crippen LogP contribution < -0.4 is 10.2 Å². The standard InChI is InChI=1S/C24H30N4O2S/c1-17-8-12-31-21(17)22(29)27-11-4-9-24(23(30)26-13-18-6-7-18)16-28(15-19(24)14-27)20-5-2-3-10-25-20/h2-3,5,8,10,12,18-19H,4,6-7,9,11,13-16H2,1H3,(H,26,30)/t19-,24-/m0/s1. The number of aromatic nitrogens is 1. The molecule has 164 valence electrons. The van der Waals surface area contributed by atoms with Gasteiger partial charge in [0.15, 0.2) is 0 Å². The van der Waals surface area contributed by atoms with Crippen LogP contribution in [0.5, 0.6) is 0 Å². The predicted molar refractivity (Wildman–Crippen MR) is 122 cm³/mol. The molecule has 0 bridgehead atoms. The number of hydrogen-bond donors (Lipinski definition) is 1.